The molecule has 0 saturated carbocycles. The first kappa shape index (κ1) is 22.1. The molecule has 4 rings (SSSR count). The molecule has 0 bridgehead atoms. The van der Waals surface area contributed by atoms with Gasteiger partial charge in [-0.1, -0.05) is 23.7 Å². The molecular formula is C25H21ClN4O3. The summed E-state index contributed by atoms with van der Waals surface area (Å²) in [5.74, 6) is -1.41. The Balaban J connectivity index is 1.57. The summed E-state index contributed by atoms with van der Waals surface area (Å²) in [5.41, 5.74) is 7.07. The number of carbonyl (C=O) groups is 2. The molecule has 166 valence electrons. The largest absolute Gasteiger partial charge is 0.478 e. The highest BCUT2D eigenvalue weighted by Crippen LogP contribution is 2.24. The van der Waals surface area contributed by atoms with Gasteiger partial charge in [-0.3, -0.25) is 4.79 Å². The van der Waals surface area contributed by atoms with E-state index in [1.165, 1.54) is 6.07 Å². The van der Waals surface area contributed by atoms with Crippen LogP contribution in [0.3, 0.4) is 0 Å². The van der Waals surface area contributed by atoms with Gasteiger partial charge in [0.2, 0.25) is 0 Å². The summed E-state index contributed by atoms with van der Waals surface area (Å²) in [5, 5.41) is 13.7. The fourth-order valence-electron chi connectivity index (χ4n) is 3.74. The SMILES string of the molecule is Cc1cc(/C=N\NC(=O)c2ccccc2-n2cccc2)c(C)n1-c1ccc(Cl)c(C(=O)O)c1. The number of benzene rings is 2. The van der Waals surface area contributed by atoms with E-state index in [1.54, 1.807) is 30.5 Å². The highest BCUT2D eigenvalue weighted by molar-refractivity contribution is 6.33. The van der Waals surface area contributed by atoms with Crippen molar-refractivity contribution in [2.75, 3.05) is 0 Å². The van der Waals surface area contributed by atoms with E-state index in [2.05, 4.69) is 10.5 Å². The summed E-state index contributed by atoms with van der Waals surface area (Å²) in [6, 6.07) is 17.8. The van der Waals surface area contributed by atoms with Crippen LogP contribution >= 0.6 is 11.6 Å². The molecule has 2 N–H and O–H groups in total. The van der Waals surface area contributed by atoms with E-state index < -0.39 is 5.97 Å². The molecule has 0 spiro atoms. The normalized spacial score (nSPS) is 11.1. The maximum Gasteiger partial charge on any atom is 0.337 e. The number of carboxylic acids is 1. The second-order valence-corrected chi connectivity index (χ2v) is 7.84. The Kier molecular flexibility index (Phi) is 6.15. The Morgan fingerprint density at radius 2 is 1.73 bits per heavy atom. The lowest BCUT2D eigenvalue weighted by Crippen LogP contribution is -2.19. The van der Waals surface area contributed by atoms with Gasteiger partial charge in [0.05, 0.1) is 28.1 Å². The van der Waals surface area contributed by atoms with Gasteiger partial charge in [0, 0.05) is 35.0 Å². The van der Waals surface area contributed by atoms with Crippen molar-refractivity contribution in [2.24, 2.45) is 5.10 Å². The molecule has 0 fully saturated rings. The molecule has 8 heteroatoms. The predicted molar refractivity (Wildman–Crippen MR) is 128 cm³/mol. The molecule has 0 aliphatic heterocycles. The first-order chi connectivity index (χ1) is 15.9. The maximum atomic E-state index is 12.8. The molecular weight excluding hydrogens is 440 g/mol. The minimum atomic E-state index is -1.09. The minimum Gasteiger partial charge on any atom is -0.478 e. The van der Waals surface area contributed by atoms with Crippen LogP contribution in [0.5, 0.6) is 0 Å². The highest BCUT2D eigenvalue weighted by Gasteiger charge is 2.15. The van der Waals surface area contributed by atoms with Gasteiger partial charge in [-0.15, -0.1) is 0 Å². The summed E-state index contributed by atoms with van der Waals surface area (Å²) in [6.07, 6.45) is 5.32. The highest BCUT2D eigenvalue weighted by atomic mass is 35.5. The van der Waals surface area contributed by atoms with E-state index in [0.29, 0.717) is 11.3 Å². The monoisotopic (exact) mass is 460 g/mol. The standard InChI is InChI=1S/C25H21ClN4O3/c1-16-13-18(17(2)30(16)19-9-10-22(26)21(14-19)25(32)33)15-27-28-24(31)20-7-3-4-8-23(20)29-11-5-6-12-29/h3-15H,1-2H3,(H,28,31)(H,32,33)/b27-15-. The van der Waals surface area contributed by atoms with Gasteiger partial charge in [-0.05, 0) is 62.4 Å². The van der Waals surface area contributed by atoms with E-state index in [9.17, 15) is 14.7 Å². The predicted octanol–water partition coefficient (Wildman–Crippen LogP) is 5.00. The number of hydrazone groups is 1. The summed E-state index contributed by atoms with van der Waals surface area (Å²) in [6.45, 7) is 3.80. The Morgan fingerprint density at radius 1 is 1.00 bits per heavy atom. The lowest BCUT2D eigenvalue weighted by Gasteiger charge is -2.11. The molecule has 2 aromatic carbocycles. The Hall–Kier alpha value is -4.10. The number of rotatable bonds is 6. The number of carbonyl (C=O) groups excluding carboxylic acids is 1. The molecule has 0 aliphatic rings. The Labute approximate surface area is 195 Å². The van der Waals surface area contributed by atoms with Gasteiger partial charge >= 0.3 is 5.97 Å². The van der Waals surface area contributed by atoms with Crippen molar-refractivity contribution in [1.29, 1.82) is 0 Å². The lowest BCUT2D eigenvalue weighted by molar-refractivity contribution is 0.0696. The van der Waals surface area contributed by atoms with Gasteiger partial charge in [-0.2, -0.15) is 5.10 Å². The van der Waals surface area contributed by atoms with Crippen molar-refractivity contribution < 1.29 is 14.7 Å². The number of aromatic nitrogens is 2. The summed E-state index contributed by atoms with van der Waals surface area (Å²) in [4.78, 5) is 24.2. The fraction of sp³-hybridized carbons (Fsp3) is 0.0800. The number of para-hydroxylation sites is 1. The van der Waals surface area contributed by atoms with Crippen LogP contribution in [0, 0.1) is 13.8 Å². The van der Waals surface area contributed by atoms with Gasteiger partial charge < -0.3 is 14.2 Å². The van der Waals surface area contributed by atoms with Crippen molar-refractivity contribution in [2.45, 2.75) is 13.8 Å². The van der Waals surface area contributed by atoms with Crippen LogP contribution in [-0.2, 0) is 0 Å². The summed E-state index contributed by atoms with van der Waals surface area (Å²) >= 11 is 6.00. The molecule has 0 aliphatic carbocycles. The van der Waals surface area contributed by atoms with Crippen LogP contribution in [0.15, 0.2) is 78.2 Å². The third-order valence-electron chi connectivity index (χ3n) is 5.31. The van der Waals surface area contributed by atoms with Gasteiger partial charge in [0.15, 0.2) is 0 Å². The molecule has 0 atom stereocenters. The number of carboxylic acid groups (broad SMARTS) is 1. The molecule has 2 aromatic heterocycles. The number of hydrogen-bond acceptors (Lipinski definition) is 3. The molecule has 7 nitrogen and oxygen atoms in total. The van der Waals surface area contributed by atoms with E-state index in [-0.39, 0.29) is 16.5 Å². The average Bonchev–Trinajstić information content (AvgIpc) is 3.42. The number of nitrogens with zero attached hydrogens (tertiary/aromatic N) is 3. The zero-order valence-corrected chi connectivity index (χ0v) is 18.7. The van der Waals surface area contributed by atoms with Gasteiger partial charge in [-0.25, -0.2) is 10.2 Å². The first-order valence-corrected chi connectivity index (χ1v) is 10.5. The molecule has 2 heterocycles. The average molecular weight is 461 g/mol. The van der Waals surface area contributed by atoms with E-state index in [1.807, 2.05) is 65.7 Å². The van der Waals surface area contributed by atoms with Gasteiger partial charge in [0.25, 0.3) is 5.91 Å². The number of hydrogen-bond donors (Lipinski definition) is 2. The molecule has 4 aromatic rings. The summed E-state index contributed by atoms with van der Waals surface area (Å²) < 4.78 is 3.77. The molecule has 0 radical (unpaired) electrons. The number of aromatic carboxylic acids is 1. The van der Waals surface area contributed by atoms with Crippen molar-refractivity contribution in [3.63, 3.8) is 0 Å². The van der Waals surface area contributed by atoms with Crippen LogP contribution in [0.1, 0.15) is 37.7 Å². The van der Waals surface area contributed by atoms with Gasteiger partial charge in [0.1, 0.15) is 0 Å². The van der Waals surface area contributed by atoms with E-state index in [4.69, 9.17) is 11.6 Å². The van der Waals surface area contributed by atoms with Crippen LogP contribution in [0.4, 0.5) is 0 Å². The number of nitrogens with one attached hydrogen (secondary N) is 1. The number of halogens is 1. The molecule has 0 unspecified atom stereocenters. The Bertz CT molecular complexity index is 1370. The van der Waals surface area contributed by atoms with Crippen molar-refractivity contribution in [1.82, 2.24) is 14.6 Å². The van der Waals surface area contributed by atoms with Crippen molar-refractivity contribution >= 4 is 29.7 Å². The number of amides is 1. The third-order valence-corrected chi connectivity index (χ3v) is 5.64. The first-order valence-electron chi connectivity index (χ1n) is 10.1. The smallest absolute Gasteiger partial charge is 0.337 e. The quantitative estimate of drug-likeness (QED) is 0.313. The van der Waals surface area contributed by atoms with Crippen LogP contribution < -0.4 is 5.43 Å². The topological polar surface area (TPSA) is 88.6 Å². The van der Waals surface area contributed by atoms with E-state index in [0.717, 1.165) is 22.6 Å². The van der Waals surface area contributed by atoms with Crippen LogP contribution in [0.25, 0.3) is 11.4 Å². The molecule has 0 saturated heterocycles. The third kappa shape index (κ3) is 4.44. The van der Waals surface area contributed by atoms with Crippen molar-refractivity contribution in [3.05, 3.63) is 106 Å². The fourth-order valence-corrected chi connectivity index (χ4v) is 3.94. The minimum absolute atomic E-state index is 0.0329. The van der Waals surface area contributed by atoms with Crippen molar-refractivity contribution in [3.8, 4) is 11.4 Å². The second-order valence-electron chi connectivity index (χ2n) is 7.44. The van der Waals surface area contributed by atoms with E-state index >= 15 is 0 Å². The lowest BCUT2D eigenvalue weighted by atomic mass is 10.1. The second kappa shape index (κ2) is 9.18. The van der Waals surface area contributed by atoms with Crippen LogP contribution in [-0.4, -0.2) is 32.3 Å². The maximum absolute atomic E-state index is 12.8. The zero-order valence-electron chi connectivity index (χ0n) is 18.0. The Morgan fingerprint density at radius 3 is 2.45 bits per heavy atom. The number of aryl methyl sites for hydroxylation is 1. The van der Waals surface area contributed by atoms with Crippen LogP contribution in [0.2, 0.25) is 5.02 Å². The molecule has 1 amide bonds. The molecule has 33 heavy (non-hydrogen) atoms. The summed E-state index contributed by atoms with van der Waals surface area (Å²) in [7, 11) is 0. The zero-order chi connectivity index (χ0) is 23.5.